The largest absolute Gasteiger partial charge is 0.484 e. The van der Waals surface area contributed by atoms with Gasteiger partial charge in [-0.05, 0) is 47.9 Å². The van der Waals surface area contributed by atoms with Crippen molar-refractivity contribution < 1.29 is 23.8 Å². The molecule has 0 radical (unpaired) electrons. The third kappa shape index (κ3) is 6.12. The van der Waals surface area contributed by atoms with Crippen LogP contribution >= 0.6 is 11.6 Å². The Morgan fingerprint density at radius 1 is 1.03 bits per heavy atom. The van der Waals surface area contributed by atoms with Crippen molar-refractivity contribution in [3.05, 3.63) is 53.1 Å². The summed E-state index contributed by atoms with van der Waals surface area (Å²) in [5.41, 5.74) is 1.15. The van der Waals surface area contributed by atoms with E-state index in [-0.39, 0.29) is 31.1 Å². The van der Waals surface area contributed by atoms with E-state index in [1.807, 2.05) is 36.9 Å². The smallest absolute Gasteiger partial charge is 0.258 e. The summed E-state index contributed by atoms with van der Waals surface area (Å²) in [6.45, 7) is 7.50. The van der Waals surface area contributed by atoms with E-state index < -0.39 is 6.04 Å². The van der Waals surface area contributed by atoms with Gasteiger partial charge in [-0.1, -0.05) is 31.5 Å². The first-order valence-electron chi connectivity index (χ1n) is 11.5. The minimum absolute atomic E-state index is 0.0429. The second-order valence-corrected chi connectivity index (χ2v) is 9.26. The first kappa shape index (κ1) is 24.2. The Bertz CT molecular complexity index is 1010. The highest BCUT2D eigenvalue weighted by molar-refractivity contribution is 6.30. The van der Waals surface area contributed by atoms with E-state index in [2.05, 4.69) is 10.2 Å². The van der Waals surface area contributed by atoms with Gasteiger partial charge in [0.15, 0.2) is 18.1 Å². The second-order valence-electron chi connectivity index (χ2n) is 8.82. The highest BCUT2D eigenvalue weighted by Crippen LogP contribution is 2.32. The molecule has 1 N–H and O–H groups in total. The average molecular weight is 488 g/mol. The summed E-state index contributed by atoms with van der Waals surface area (Å²) in [4.78, 5) is 29.8. The number of carbonyl (C=O) groups is 2. The molecule has 2 aromatic carbocycles. The number of hydrogen-bond donors (Lipinski definition) is 1. The second kappa shape index (κ2) is 11.0. The zero-order valence-electron chi connectivity index (χ0n) is 19.5. The quantitative estimate of drug-likeness (QED) is 0.616. The Balaban J connectivity index is 1.25. The minimum Gasteiger partial charge on any atom is -0.484 e. The number of carbonyl (C=O) groups excluding carboxylic acids is 2. The van der Waals surface area contributed by atoms with Crippen LogP contribution in [0.25, 0.3) is 0 Å². The van der Waals surface area contributed by atoms with Gasteiger partial charge in [0.05, 0.1) is 0 Å². The number of halogens is 1. The van der Waals surface area contributed by atoms with E-state index in [1.54, 1.807) is 24.3 Å². The number of amides is 2. The summed E-state index contributed by atoms with van der Waals surface area (Å²) < 4.78 is 16.3. The molecular formula is C25H30ClN3O5. The molecule has 1 fully saturated rings. The zero-order valence-corrected chi connectivity index (χ0v) is 20.2. The predicted molar refractivity (Wildman–Crippen MR) is 128 cm³/mol. The number of benzene rings is 2. The van der Waals surface area contributed by atoms with E-state index in [9.17, 15) is 9.59 Å². The molecule has 2 heterocycles. The molecule has 0 aliphatic carbocycles. The van der Waals surface area contributed by atoms with Gasteiger partial charge in [0.1, 0.15) is 11.8 Å². The third-order valence-corrected chi connectivity index (χ3v) is 6.21. The van der Waals surface area contributed by atoms with Crippen LogP contribution in [0.5, 0.6) is 17.2 Å². The summed E-state index contributed by atoms with van der Waals surface area (Å²) in [6.07, 6.45) is 0. The van der Waals surface area contributed by atoms with E-state index in [4.69, 9.17) is 25.8 Å². The van der Waals surface area contributed by atoms with Crippen molar-refractivity contribution in [2.45, 2.75) is 26.4 Å². The summed E-state index contributed by atoms with van der Waals surface area (Å²) >= 11 is 5.87. The molecule has 2 aliphatic rings. The number of hydrogen-bond acceptors (Lipinski definition) is 6. The topological polar surface area (TPSA) is 80.3 Å². The lowest BCUT2D eigenvalue weighted by molar-refractivity contribution is -0.139. The Hall–Kier alpha value is -2.97. The van der Waals surface area contributed by atoms with Crippen molar-refractivity contribution in [2.24, 2.45) is 5.92 Å². The van der Waals surface area contributed by atoms with Gasteiger partial charge in [0.25, 0.3) is 5.91 Å². The van der Waals surface area contributed by atoms with Crippen LogP contribution in [0, 0.1) is 5.92 Å². The van der Waals surface area contributed by atoms with Gasteiger partial charge in [-0.2, -0.15) is 0 Å². The summed E-state index contributed by atoms with van der Waals surface area (Å²) in [6, 6.07) is 12.2. The Kier molecular flexibility index (Phi) is 7.80. The average Bonchev–Trinajstić information content (AvgIpc) is 3.30. The number of ether oxygens (including phenoxy) is 3. The number of piperazine rings is 1. The lowest BCUT2D eigenvalue weighted by atomic mass is 10.0. The lowest BCUT2D eigenvalue weighted by Crippen LogP contribution is -2.56. The van der Waals surface area contributed by atoms with Crippen LogP contribution in [0.3, 0.4) is 0 Å². The Morgan fingerprint density at radius 3 is 2.44 bits per heavy atom. The number of rotatable bonds is 8. The van der Waals surface area contributed by atoms with Gasteiger partial charge >= 0.3 is 0 Å². The molecule has 1 atom stereocenters. The summed E-state index contributed by atoms with van der Waals surface area (Å²) in [5.74, 6) is 1.67. The molecule has 34 heavy (non-hydrogen) atoms. The normalized spacial score (nSPS) is 16.4. The van der Waals surface area contributed by atoms with E-state index in [0.717, 1.165) is 36.7 Å². The van der Waals surface area contributed by atoms with Gasteiger partial charge in [-0.25, -0.2) is 0 Å². The molecule has 0 spiro atoms. The van der Waals surface area contributed by atoms with E-state index in [1.165, 1.54) is 0 Å². The fourth-order valence-corrected chi connectivity index (χ4v) is 4.15. The summed E-state index contributed by atoms with van der Waals surface area (Å²) in [5, 5.41) is 3.45. The van der Waals surface area contributed by atoms with E-state index in [0.29, 0.717) is 23.9 Å². The highest BCUT2D eigenvalue weighted by atomic mass is 35.5. The van der Waals surface area contributed by atoms with Gasteiger partial charge in [-0.15, -0.1) is 0 Å². The molecule has 2 aliphatic heterocycles. The van der Waals surface area contributed by atoms with Crippen molar-refractivity contribution in [3.8, 4) is 17.2 Å². The maximum atomic E-state index is 13.2. The van der Waals surface area contributed by atoms with Crippen LogP contribution in [-0.2, 0) is 16.1 Å². The predicted octanol–water partition coefficient (Wildman–Crippen LogP) is 2.93. The van der Waals surface area contributed by atoms with E-state index >= 15 is 0 Å². The molecule has 0 bridgehead atoms. The molecule has 0 aromatic heterocycles. The molecule has 9 heteroatoms. The molecule has 1 saturated heterocycles. The molecule has 182 valence electrons. The van der Waals surface area contributed by atoms with Gasteiger partial charge < -0.3 is 24.4 Å². The van der Waals surface area contributed by atoms with Crippen molar-refractivity contribution in [1.29, 1.82) is 0 Å². The molecule has 4 rings (SSSR count). The molecule has 8 nitrogen and oxygen atoms in total. The van der Waals surface area contributed by atoms with Crippen molar-refractivity contribution in [3.63, 3.8) is 0 Å². The highest BCUT2D eigenvalue weighted by Gasteiger charge is 2.31. The van der Waals surface area contributed by atoms with Crippen LogP contribution in [0.4, 0.5) is 0 Å². The molecular weight excluding hydrogens is 458 g/mol. The number of nitrogens with zero attached hydrogens (tertiary/aromatic N) is 2. The first-order valence-corrected chi connectivity index (χ1v) is 11.8. The van der Waals surface area contributed by atoms with Crippen molar-refractivity contribution >= 4 is 23.4 Å². The maximum Gasteiger partial charge on any atom is 0.258 e. The van der Waals surface area contributed by atoms with Crippen LogP contribution in [0.2, 0.25) is 5.02 Å². The number of nitrogens with one attached hydrogen (secondary N) is 1. The summed E-state index contributed by atoms with van der Waals surface area (Å²) in [7, 11) is 0. The SMILES string of the molecule is CC(C)C(NC(=O)COc1ccc(Cl)cc1)C(=O)N1CCN(Cc2ccc3c(c2)OCO3)CC1. The number of fused-ring (bicyclic) bond motifs is 1. The van der Waals surface area contributed by atoms with Crippen LogP contribution in [0.15, 0.2) is 42.5 Å². The van der Waals surface area contributed by atoms with Gasteiger partial charge in [0.2, 0.25) is 12.7 Å². The fraction of sp³-hybridized carbons (Fsp3) is 0.440. The third-order valence-electron chi connectivity index (χ3n) is 5.96. The van der Waals surface area contributed by atoms with Crippen LogP contribution in [-0.4, -0.2) is 67.2 Å². The van der Waals surface area contributed by atoms with Crippen molar-refractivity contribution in [1.82, 2.24) is 15.1 Å². The Morgan fingerprint density at radius 2 is 1.74 bits per heavy atom. The van der Waals surface area contributed by atoms with Gasteiger partial charge in [0, 0.05) is 37.7 Å². The molecule has 1 unspecified atom stereocenters. The Labute approximate surface area is 204 Å². The zero-order chi connectivity index (χ0) is 24.1. The monoisotopic (exact) mass is 487 g/mol. The fourth-order valence-electron chi connectivity index (χ4n) is 4.03. The van der Waals surface area contributed by atoms with Crippen LogP contribution in [0.1, 0.15) is 19.4 Å². The molecule has 0 saturated carbocycles. The van der Waals surface area contributed by atoms with Crippen LogP contribution < -0.4 is 19.5 Å². The first-order chi connectivity index (χ1) is 16.4. The standard InChI is InChI=1S/C25H30ClN3O5/c1-17(2)24(27-23(30)15-32-20-6-4-19(26)5-7-20)25(31)29-11-9-28(10-12-29)14-18-3-8-21-22(13-18)34-16-33-21/h3-8,13,17,24H,9-12,14-16H2,1-2H3,(H,27,30). The molecule has 2 aromatic rings. The van der Waals surface area contributed by atoms with Crippen molar-refractivity contribution in [2.75, 3.05) is 39.6 Å². The minimum atomic E-state index is -0.596. The van der Waals surface area contributed by atoms with Gasteiger partial charge in [-0.3, -0.25) is 14.5 Å². The maximum absolute atomic E-state index is 13.2. The lowest BCUT2D eigenvalue weighted by Gasteiger charge is -2.37. The molecule has 2 amide bonds.